The van der Waals surface area contributed by atoms with Crippen molar-refractivity contribution in [1.82, 2.24) is 5.32 Å². The van der Waals surface area contributed by atoms with E-state index in [1.165, 1.54) is 39.0 Å². The van der Waals surface area contributed by atoms with Crippen molar-refractivity contribution in [3.8, 4) is 0 Å². The van der Waals surface area contributed by atoms with Crippen molar-refractivity contribution in [2.75, 3.05) is 6.61 Å². The second-order valence-electron chi connectivity index (χ2n) is 6.13. The third-order valence-corrected chi connectivity index (χ3v) is 3.95. The molecular formula is C16H32N3O2+. The molecule has 2 atom stereocenters. The van der Waals surface area contributed by atoms with Gasteiger partial charge in [-0.25, -0.2) is 0 Å². The molecule has 1 aliphatic heterocycles. The maximum Gasteiger partial charge on any atom is 0.341 e. The van der Waals surface area contributed by atoms with Crippen LogP contribution in [-0.4, -0.2) is 30.6 Å². The Balaban J connectivity index is 2.37. The van der Waals surface area contributed by atoms with Crippen molar-refractivity contribution in [2.45, 2.75) is 83.7 Å². The molecule has 1 rings (SSSR count). The molecule has 5 heteroatoms. The van der Waals surface area contributed by atoms with Crippen molar-refractivity contribution in [3.05, 3.63) is 0 Å². The molecule has 0 fully saturated rings. The van der Waals surface area contributed by atoms with Gasteiger partial charge < -0.3 is 4.74 Å². The smallest absolute Gasteiger partial charge is 0.341 e. The maximum absolute atomic E-state index is 10.7. The largest absolute Gasteiger partial charge is 0.466 e. The normalized spacial score (nSPS) is 24.4. The quantitative estimate of drug-likeness (QED) is 0.518. The molecule has 1 heterocycles. The van der Waals surface area contributed by atoms with Gasteiger partial charge in [0.2, 0.25) is 0 Å². The molecule has 0 spiro atoms. The Morgan fingerprint density at radius 1 is 1.29 bits per heavy atom. The first-order chi connectivity index (χ1) is 10.1. The number of esters is 1. The van der Waals surface area contributed by atoms with Crippen LogP contribution in [0.4, 0.5) is 0 Å². The van der Waals surface area contributed by atoms with Crippen LogP contribution in [0.1, 0.15) is 71.6 Å². The van der Waals surface area contributed by atoms with E-state index >= 15 is 0 Å². The van der Waals surface area contributed by atoms with E-state index < -0.39 is 0 Å². The number of carbonyl (C=O) groups is 1. The summed E-state index contributed by atoms with van der Waals surface area (Å²) in [7, 11) is 0. The van der Waals surface area contributed by atoms with E-state index in [1.54, 1.807) is 0 Å². The summed E-state index contributed by atoms with van der Waals surface area (Å²) in [6, 6.07) is 0.848. The molecule has 0 aromatic rings. The summed E-state index contributed by atoms with van der Waals surface area (Å²) in [5.74, 6) is 0.508. The lowest BCUT2D eigenvalue weighted by molar-refractivity contribution is -0.508. The van der Waals surface area contributed by atoms with E-state index in [0.29, 0.717) is 24.7 Å². The molecule has 0 saturated heterocycles. The molecule has 0 aromatic carbocycles. The van der Waals surface area contributed by atoms with Crippen LogP contribution in [0.25, 0.3) is 0 Å². The maximum atomic E-state index is 10.7. The number of rotatable bonds is 5. The molecule has 0 aromatic heterocycles. The standard InChI is InChI=1S/C16H31N3O2/c1-13-9-5-3-4-6-10-15(19-16(17)18-13)11-7-8-12-21-14(2)20/h13,15H,3-12H2,1-2H3,(H3,17,18,19)/p+1/t13-,15-/m1/s1. The molecule has 0 radical (unpaired) electrons. The van der Waals surface area contributed by atoms with Gasteiger partial charge >= 0.3 is 11.9 Å². The Bertz CT molecular complexity index is 331. The minimum absolute atomic E-state index is 0.196. The van der Waals surface area contributed by atoms with Crippen LogP contribution in [0.3, 0.4) is 0 Å². The number of nitrogens with one attached hydrogen (secondary N) is 2. The Morgan fingerprint density at radius 2 is 2.00 bits per heavy atom. The third-order valence-electron chi connectivity index (χ3n) is 3.95. The molecule has 0 saturated carbocycles. The summed E-state index contributed by atoms with van der Waals surface area (Å²) < 4.78 is 4.96. The van der Waals surface area contributed by atoms with Gasteiger partial charge in [-0.15, -0.1) is 0 Å². The van der Waals surface area contributed by atoms with Crippen LogP contribution in [0.5, 0.6) is 0 Å². The lowest BCUT2D eigenvalue weighted by Crippen LogP contribution is -2.84. The summed E-state index contributed by atoms with van der Waals surface area (Å²) in [5.41, 5.74) is 6.05. The molecule has 4 N–H and O–H groups in total. The summed E-state index contributed by atoms with van der Waals surface area (Å²) in [5, 5.41) is 3.34. The van der Waals surface area contributed by atoms with Crippen molar-refractivity contribution >= 4 is 11.9 Å². The van der Waals surface area contributed by atoms with E-state index in [0.717, 1.165) is 25.7 Å². The lowest BCUT2D eigenvalue weighted by Gasteiger charge is -2.13. The van der Waals surface area contributed by atoms with Gasteiger partial charge in [-0.2, -0.15) is 0 Å². The zero-order valence-electron chi connectivity index (χ0n) is 13.6. The fourth-order valence-electron chi connectivity index (χ4n) is 2.79. The fraction of sp³-hybridized carbons (Fsp3) is 0.875. The van der Waals surface area contributed by atoms with E-state index in [9.17, 15) is 4.79 Å². The van der Waals surface area contributed by atoms with E-state index in [-0.39, 0.29) is 5.97 Å². The first-order valence-electron chi connectivity index (χ1n) is 8.37. The summed E-state index contributed by atoms with van der Waals surface area (Å²) in [6.07, 6.45) is 10.5. The first-order valence-corrected chi connectivity index (χ1v) is 8.37. The Kier molecular flexibility index (Phi) is 8.87. The minimum atomic E-state index is -0.196. The minimum Gasteiger partial charge on any atom is -0.466 e. The highest BCUT2D eigenvalue weighted by Gasteiger charge is 2.14. The predicted octanol–water partition coefficient (Wildman–Crippen LogP) is 0.816. The van der Waals surface area contributed by atoms with Gasteiger partial charge in [0, 0.05) is 6.92 Å². The first kappa shape index (κ1) is 17.8. The molecule has 0 bridgehead atoms. The predicted molar refractivity (Wildman–Crippen MR) is 84.7 cm³/mol. The molecule has 0 aliphatic carbocycles. The highest BCUT2D eigenvalue weighted by Crippen LogP contribution is 2.11. The van der Waals surface area contributed by atoms with E-state index in [1.807, 2.05) is 0 Å². The highest BCUT2D eigenvalue weighted by molar-refractivity contribution is 5.71. The van der Waals surface area contributed by atoms with Crippen LogP contribution in [-0.2, 0) is 9.53 Å². The van der Waals surface area contributed by atoms with Crippen LogP contribution in [0, 0.1) is 0 Å². The molecule has 122 valence electrons. The number of guanidine groups is 1. The van der Waals surface area contributed by atoms with Crippen LogP contribution >= 0.6 is 0 Å². The topological polar surface area (TPSA) is 78.3 Å². The number of hydrogen-bond donors (Lipinski definition) is 3. The summed E-state index contributed by atoms with van der Waals surface area (Å²) in [4.78, 5) is 14.1. The molecule has 5 nitrogen and oxygen atoms in total. The Labute approximate surface area is 128 Å². The summed E-state index contributed by atoms with van der Waals surface area (Å²) in [6.45, 7) is 4.16. The van der Waals surface area contributed by atoms with Crippen molar-refractivity contribution < 1.29 is 14.5 Å². The third kappa shape index (κ3) is 9.32. The van der Waals surface area contributed by atoms with Gasteiger partial charge in [0.05, 0.1) is 18.7 Å². The monoisotopic (exact) mass is 298 g/mol. The number of ether oxygens (including phenoxy) is 1. The van der Waals surface area contributed by atoms with Gasteiger partial charge in [-0.05, 0) is 39.0 Å². The summed E-state index contributed by atoms with van der Waals surface area (Å²) >= 11 is 0. The number of carbonyl (C=O) groups excluding carboxylic acids is 1. The molecule has 0 amide bonds. The van der Waals surface area contributed by atoms with Crippen molar-refractivity contribution in [1.29, 1.82) is 0 Å². The molecule has 0 unspecified atom stereocenters. The molecular weight excluding hydrogens is 266 g/mol. The van der Waals surface area contributed by atoms with Crippen LogP contribution < -0.4 is 16.0 Å². The fourth-order valence-corrected chi connectivity index (χ4v) is 2.79. The molecule has 21 heavy (non-hydrogen) atoms. The van der Waals surface area contributed by atoms with Gasteiger partial charge in [0.25, 0.3) is 0 Å². The number of hydrogen-bond acceptors (Lipinski definition) is 4. The SMILES string of the molecule is CC(=O)OCCCC[C@H]1CCCCCC[C@@H](C)NC(N)=[NH+]1. The average Bonchev–Trinajstić information content (AvgIpc) is 2.43. The van der Waals surface area contributed by atoms with Crippen molar-refractivity contribution in [2.24, 2.45) is 5.73 Å². The van der Waals surface area contributed by atoms with Crippen molar-refractivity contribution in [3.63, 3.8) is 0 Å². The molecule has 1 aliphatic rings. The zero-order chi connectivity index (χ0) is 15.5. The van der Waals surface area contributed by atoms with Crippen LogP contribution in [0.2, 0.25) is 0 Å². The highest BCUT2D eigenvalue weighted by atomic mass is 16.5. The number of nitrogens with two attached hydrogens (primary N) is 1. The Morgan fingerprint density at radius 3 is 2.71 bits per heavy atom. The van der Waals surface area contributed by atoms with Gasteiger partial charge in [-0.3, -0.25) is 20.8 Å². The average molecular weight is 298 g/mol. The second kappa shape index (κ2) is 10.5. The van der Waals surface area contributed by atoms with Gasteiger partial charge in [0.1, 0.15) is 0 Å². The van der Waals surface area contributed by atoms with E-state index in [2.05, 4.69) is 17.2 Å². The van der Waals surface area contributed by atoms with Gasteiger partial charge in [0.15, 0.2) is 0 Å². The lowest BCUT2D eigenvalue weighted by atomic mass is 10.0. The van der Waals surface area contributed by atoms with Crippen LogP contribution in [0.15, 0.2) is 0 Å². The second-order valence-corrected chi connectivity index (χ2v) is 6.13. The van der Waals surface area contributed by atoms with Gasteiger partial charge in [-0.1, -0.05) is 25.7 Å². The van der Waals surface area contributed by atoms with E-state index in [4.69, 9.17) is 10.5 Å². The zero-order valence-corrected chi connectivity index (χ0v) is 13.6. The number of unbranched alkanes of at least 4 members (excludes halogenated alkanes) is 1. The Hall–Kier alpha value is -1.26.